The summed E-state index contributed by atoms with van der Waals surface area (Å²) in [5.41, 5.74) is 3.28. The van der Waals surface area contributed by atoms with Crippen molar-refractivity contribution in [3.05, 3.63) is 82.9 Å². The zero-order chi connectivity index (χ0) is 24.5. The molecule has 9 nitrogen and oxygen atoms in total. The number of carbonyl (C=O) groups is 3. The minimum atomic E-state index is -0.967. The second-order valence-electron chi connectivity index (χ2n) is 6.66. The maximum atomic E-state index is 12.5. The number of nitrogens with zero attached hydrogens (tertiary/aromatic N) is 1. The van der Waals surface area contributed by atoms with Gasteiger partial charge in [0, 0.05) is 10.7 Å². The molecule has 0 fully saturated rings. The molecule has 3 rings (SSSR count). The Labute approximate surface area is 200 Å². The summed E-state index contributed by atoms with van der Waals surface area (Å²) in [6.07, 6.45) is 1.30. The molecule has 0 saturated heterocycles. The van der Waals surface area contributed by atoms with Gasteiger partial charge in [-0.15, -0.1) is 0 Å². The molecule has 3 aromatic rings. The molecule has 0 unspecified atom stereocenters. The first-order chi connectivity index (χ1) is 16.4. The number of esters is 1. The standard InChI is InChI=1S/C24H20ClN3O6/c1-32-19-9-4-3-8-18(19)24(31)34-20-11-10-15(12-21(20)33-2)14-26-28-23(30)22(29)27-17-7-5-6-16(25)13-17/h3-14H,1-2H3,(H,27,29)(H,28,30)/b26-14+. The van der Waals surface area contributed by atoms with E-state index in [1.807, 2.05) is 0 Å². The van der Waals surface area contributed by atoms with Crippen molar-refractivity contribution in [1.82, 2.24) is 5.43 Å². The monoisotopic (exact) mass is 481 g/mol. The van der Waals surface area contributed by atoms with Crippen molar-refractivity contribution >= 4 is 41.3 Å². The van der Waals surface area contributed by atoms with Crippen molar-refractivity contribution in [2.24, 2.45) is 5.10 Å². The largest absolute Gasteiger partial charge is 0.496 e. The van der Waals surface area contributed by atoms with E-state index in [0.717, 1.165) is 0 Å². The third-order valence-corrected chi connectivity index (χ3v) is 4.62. The molecule has 2 amide bonds. The number of hydrogen-bond donors (Lipinski definition) is 2. The molecule has 0 aliphatic carbocycles. The molecule has 0 atom stereocenters. The number of para-hydroxylation sites is 1. The highest BCUT2D eigenvalue weighted by molar-refractivity contribution is 6.39. The van der Waals surface area contributed by atoms with E-state index in [9.17, 15) is 14.4 Å². The van der Waals surface area contributed by atoms with E-state index in [1.54, 1.807) is 54.6 Å². The van der Waals surface area contributed by atoms with Crippen LogP contribution in [0.25, 0.3) is 0 Å². The number of ether oxygens (including phenoxy) is 3. The number of halogens is 1. The molecule has 0 aliphatic rings. The SMILES string of the molecule is COc1cc(/C=N/NC(=O)C(=O)Nc2cccc(Cl)c2)ccc1OC(=O)c1ccccc1OC. The van der Waals surface area contributed by atoms with Gasteiger partial charge in [0.05, 0.1) is 20.4 Å². The molecule has 0 heterocycles. The minimum absolute atomic E-state index is 0.181. The lowest BCUT2D eigenvalue weighted by molar-refractivity contribution is -0.136. The number of nitrogens with one attached hydrogen (secondary N) is 2. The highest BCUT2D eigenvalue weighted by Crippen LogP contribution is 2.29. The maximum absolute atomic E-state index is 12.5. The van der Waals surface area contributed by atoms with E-state index in [0.29, 0.717) is 22.0 Å². The number of hydrogen-bond acceptors (Lipinski definition) is 7. The molecule has 0 aliphatic heterocycles. The van der Waals surface area contributed by atoms with Crippen LogP contribution in [0.3, 0.4) is 0 Å². The quantitative estimate of drug-likeness (QED) is 0.175. The second kappa shape index (κ2) is 11.5. The molecular formula is C24H20ClN3O6. The molecule has 0 bridgehead atoms. The molecule has 2 N–H and O–H groups in total. The third kappa shape index (κ3) is 6.33. The van der Waals surface area contributed by atoms with Gasteiger partial charge in [0.1, 0.15) is 11.3 Å². The summed E-state index contributed by atoms with van der Waals surface area (Å²) in [5, 5.41) is 6.60. The Bertz CT molecular complexity index is 1240. The van der Waals surface area contributed by atoms with Gasteiger partial charge in [-0.3, -0.25) is 9.59 Å². The van der Waals surface area contributed by atoms with Gasteiger partial charge in [0.2, 0.25) is 0 Å². The number of benzene rings is 3. The Kier molecular flexibility index (Phi) is 8.20. The molecule has 0 spiro atoms. The first-order valence-corrected chi connectivity index (χ1v) is 10.2. The fourth-order valence-electron chi connectivity index (χ4n) is 2.79. The first-order valence-electron chi connectivity index (χ1n) is 9.84. The summed E-state index contributed by atoms with van der Waals surface area (Å²) in [4.78, 5) is 36.4. The Morgan fingerprint density at radius 3 is 2.35 bits per heavy atom. The van der Waals surface area contributed by atoms with E-state index >= 15 is 0 Å². The summed E-state index contributed by atoms with van der Waals surface area (Å²) in [7, 11) is 2.87. The summed E-state index contributed by atoms with van der Waals surface area (Å²) >= 11 is 5.85. The van der Waals surface area contributed by atoms with E-state index in [-0.39, 0.29) is 17.1 Å². The summed E-state index contributed by atoms with van der Waals surface area (Å²) in [5.74, 6) is -1.67. The Hall–Kier alpha value is -4.37. The molecule has 10 heteroatoms. The summed E-state index contributed by atoms with van der Waals surface area (Å²) in [6.45, 7) is 0. The lowest BCUT2D eigenvalue weighted by atomic mass is 10.2. The maximum Gasteiger partial charge on any atom is 0.347 e. The van der Waals surface area contributed by atoms with Crippen LogP contribution in [0.2, 0.25) is 5.02 Å². The van der Waals surface area contributed by atoms with Crippen LogP contribution in [-0.4, -0.2) is 38.2 Å². The Morgan fingerprint density at radius 1 is 0.853 bits per heavy atom. The fraction of sp³-hybridized carbons (Fsp3) is 0.0833. The van der Waals surface area contributed by atoms with Crippen LogP contribution in [-0.2, 0) is 9.59 Å². The highest BCUT2D eigenvalue weighted by atomic mass is 35.5. The Balaban J connectivity index is 1.63. The number of amides is 2. The van der Waals surface area contributed by atoms with Gasteiger partial charge in [0.25, 0.3) is 0 Å². The molecule has 0 radical (unpaired) electrons. The van der Waals surface area contributed by atoms with Gasteiger partial charge in [-0.25, -0.2) is 10.2 Å². The first kappa shape index (κ1) is 24.3. The molecular weight excluding hydrogens is 462 g/mol. The fourth-order valence-corrected chi connectivity index (χ4v) is 2.98. The Morgan fingerprint density at radius 2 is 1.62 bits per heavy atom. The van der Waals surface area contributed by atoms with Gasteiger partial charge in [-0.05, 0) is 54.1 Å². The van der Waals surface area contributed by atoms with Gasteiger partial charge >= 0.3 is 17.8 Å². The van der Waals surface area contributed by atoms with Crippen molar-refractivity contribution in [3.63, 3.8) is 0 Å². The zero-order valence-electron chi connectivity index (χ0n) is 18.2. The lowest BCUT2D eigenvalue weighted by Crippen LogP contribution is -2.32. The number of methoxy groups -OCH3 is 2. The van der Waals surface area contributed by atoms with Crippen LogP contribution in [0.1, 0.15) is 15.9 Å². The third-order valence-electron chi connectivity index (χ3n) is 4.39. The second-order valence-corrected chi connectivity index (χ2v) is 7.10. The lowest BCUT2D eigenvalue weighted by Gasteiger charge is -2.11. The summed E-state index contributed by atoms with van der Waals surface area (Å²) < 4.78 is 15.9. The average molecular weight is 482 g/mol. The van der Waals surface area contributed by atoms with Crippen LogP contribution in [0.15, 0.2) is 71.8 Å². The van der Waals surface area contributed by atoms with Crippen molar-refractivity contribution in [3.8, 4) is 17.2 Å². The normalized spacial score (nSPS) is 10.4. The smallest absolute Gasteiger partial charge is 0.347 e. The molecule has 174 valence electrons. The highest BCUT2D eigenvalue weighted by Gasteiger charge is 2.17. The van der Waals surface area contributed by atoms with E-state index in [4.69, 9.17) is 25.8 Å². The van der Waals surface area contributed by atoms with Crippen LogP contribution in [0.5, 0.6) is 17.2 Å². The van der Waals surface area contributed by atoms with Gasteiger partial charge in [-0.2, -0.15) is 5.10 Å². The predicted molar refractivity (Wildman–Crippen MR) is 127 cm³/mol. The van der Waals surface area contributed by atoms with Gasteiger partial charge in [0.15, 0.2) is 11.5 Å². The van der Waals surface area contributed by atoms with Crippen LogP contribution < -0.4 is 25.0 Å². The van der Waals surface area contributed by atoms with Gasteiger partial charge in [-0.1, -0.05) is 29.8 Å². The van der Waals surface area contributed by atoms with Crippen molar-refractivity contribution in [2.45, 2.75) is 0 Å². The molecule has 0 saturated carbocycles. The van der Waals surface area contributed by atoms with Crippen LogP contribution >= 0.6 is 11.6 Å². The van der Waals surface area contributed by atoms with Crippen LogP contribution in [0.4, 0.5) is 5.69 Å². The van der Waals surface area contributed by atoms with Crippen LogP contribution in [0, 0.1) is 0 Å². The minimum Gasteiger partial charge on any atom is -0.496 e. The van der Waals surface area contributed by atoms with Crippen molar-refractivity contribution in [2.75, 3.05) is 19.5 Å². The average Bonchev–Trinajstić information content (AvgIpc) is 2.84. The van der Waals surface area contributed by atoms with Gasteiger partial charge < -0.3 is 19.5 Å². The number of hydrazone groups is 1. The van der Waals surface area contributed by atoms with Crippen molar-refractivity contribution < 1.29 is 28.6 Å². The molecule has 0 aromatic heterocycles. The van der Waals surface area contributed by atoms with E-state index in [1.165, 1.54) is 32.6 Å². The molecule has 34 heavy (non-hydrogen) atoms. The number of anilines is 1. The number of carbonyl (C=O) groups excluding carboxylic acids is 3. The topological polar surface area (TPSA) is 115 Å². The van der Waals surface area contributed by atoms with E-state index in [2.05, 4.69) is 15.8 Å². The number of rotatable bonds is 7. The zero-order valence-corrected chi connectivity index (χ0v) is 19.0. The predicted octanol–water partition coefficient (Wildman–Crippen LogP) is 3.67. The van der Waals surface area contributed by atoms with E-state index < -0.39 is 17.8 Å². The summed E-state index contributed by atoms with van der Waals surface area (Å²) in [6, 6.07) is 17.7. The molecule has 3 aromatic carbocycles. The van der Waals surface area contributed by atoms with Crippen molar-refractivity contribution in [1.29, 1.82) is 0 Å².